The molecule has 0 atom stereocenters. The molecule has 1 N–H and O–H groups in total. The smallest absolute Gasteiger partial charge is 0.307 e. The molecule has 4 nitrogen and oxygen atoms in total. The van der Waals surface area contributed by atoms with Crippen LogP contribution in [-0.2, 0) is 11.2 Å². The van der Waals surface area contributed by atoms with Gasteiger partial charge in [-0.05, 0) is 18.2 Å². The highest BCUT2D eigenvalue weighted by Crippen LogP contribution is 2.26. The van der Waals surface area contributed by atoms with Crippen LogP contribution >= 0.6 is 0 Å². The van der Waals surface area contributed by atoms with Gasteiger partial charge in [0, 0.05) is 17.0 Å². The molecule has 0 amide bonds. The van der Waals surface area contributed by atoms with Crippen molar-refractivity contribution in [3.63, 3.8) is 0 Å². The summed E-state index contributed by atoms with van der Waals surface area (Å²) in [5.41, 5.74) is 1.46. The Bertz CT molecular complexity index is 799. The van der Waals surface area contributed by atoms with E-state index in [4.69, 9.17) is 9.84 Å². The van der Waals surface area contributed by atoms with Crippen molar-refractivity contribution in [2.45, 2.75) is 6.42 Å². The topological polar surface area (TPSA) is 59.4 Å². The summed E-state index contributed by atoms with van der Waals surface area (Å²) in [5, 5.41) is 9.96. The molecule has 21 heavy (non-hydrogen) atoms. The molecule has 0 saturated carbocycles. The number of pyridine rings is 1. The van der Waals surface area contributed by atoms with Gasteiger partial charge >= 0.3 is 5.97 Å². The zero-order valence-corrected chi connectivity index (χ0v) is 11.2. The lowest BCUT2D eigenvalue weighted by atomic mass is 10.1. The molecule has 4 heteroatoms. The standard InChI is InChI=1S/C17H13NO3/c19-17(20)11-13-6-2-4-8-15(13)21-16-10-9-12-5-1-3-7-14(12)18-16/h1-10H,11H2,(H,19,20). The molecule has 0 aliphatic rings. The normalized spacial score (nSPS) is 10.5. The van der Waals surface area contributed by atoms with Gasteiger partial charge in [0.1, 0.15) is 5.75 Å². The molecule has 0 fully saturated rings. The van der Waals surface area contributed by atoms with Gasteiger partial charge in [-0.3, -0.25) is 4.79 Å². The first kappa shape index (κ1) is 13.1. The summed E-state index contributed by atoms with van der Waals surface area (Å²) in [6.07, 6.45) is -0.0796. The number of benzene rings is 2. The first-order chi connectivity index (χ1) is 10.2. The third kappa shape index (κ3) is 3.00. The maximum Gasteiger partial charge on any atom is 0.307 e. The number of carbonyl (C=O) groups is 1. The highest BCUT2D eigenvalue weighted by atomic mass is 16.5. The summed E-state index contributed by atoms with van der Waals surface area (Å²) in [4.78, 5) is 15.3. The monoisotopic (exact) mass is 279 g/mol. The summed E-state index contributed by atoms with van der Waals surface area (Å²) in [7, 11) is 0. The zero-order chi connectivity index (χ0) is 14.7. The van der Waals surface area contributed by atoms with Crippen molar-refractivity contribution >= 4 is 16.9 Å². The van der Waals surface area contributed by atoms with Crippen LogP contribution in [0, 0.1) is 0 Å². The minimum Gasteiger partial charge on any atom is -0.481 e. The van der Waals surface area contributed by atoms with Crippen LogP contribution in [-0.4, -0.2) is 16.1 Å². The van der Waals surface area contributed by atoms with Crippen molar-refractivity contribution in [3.8, 4) is 11.6 Å². The number of carboxylic acid groups (broad SMARTS) is 1. The second-order valence-electron chi connectivity index (χ2n) is 4.62. The quantitative estimate of drug-likeness (QED) is 0.791. The second-order valence-corrected chi connectivity index (χ2v) is 4.62. The molecule has 0 unspecified atom stereocenters. The van der Waals surface area contributed by atoms with Crippen LogP contribution in [0.3, 0.4) is 0 Å². The third-order valence-corrected chi connectivity index (χ3v) is 3.10. The molecule has 0 bridgehead atoms. The van der Waals surface area contributed by atoms with E-state index < -0.39 is 5.97 Å². The van der Waals surface area contributed by atoms with Crippen LogP contribution in [0.4, 0.5) is 0 Å². The molecule has 0 aliphatic heterocycles. The first-order valence-electron chi connectivity index (χ1n) is 6.56. The largest absolute Gasteiger partial charge is 0.481 e. The van der Waals surface area contributed by atoms with Gasteiger partial charge in [0.2, 0.25) is 5.88 Å². The van der Waals surface area contributed by atoms with Crippen molar-refractivity contribution in [2.24, 2.45) is 0 Å². The van der Waals surface area contributed by atoms with Gasteiger partial charge < -0.3 is 9.84 Å². The minimum absolute atomic E-state index is 0.0796. The Morgan fingerprint density at radius 1 is 1.00 bits per heavy atom. The minimum atomic E-state index is -0.891. The Morgan fingerprint density at radius 2 is 1.76 bits per heavy atom. The lowest BCUT2D eigenvalue weighted by molar-refractivity contribution is -0.136. The number of nitrogens with zero attached hydrogens (tertiary/aromatic N) is 1. The van der Waals surface area contributed by atoms with Crippen LogP contribution in [0.1, 0.15) is 5.56 Å². The van der Waals surface area contributed by atoms with Crippen molar-refractivity contribution in [3.05, 3.63) is 66.2 Å². The van der Waals surface area contributed by atoms with Gasteiger partial charge in [-0.2, -0.15) is 0 Å². The van der Waals surface area contributed by atoms with Crippen molar-refractivity contribution in [2.75, 3.05) is 0 Å². The number of aliphatic carboxylic acids is 1. The number of ether oxygens (including phenoxy) is 1. The number of para-hydroxylation sites is 2. The van der Waals surface area contributed by atoms with Crippen LogP contribution < -0.4 is 4.74 Å². The summed E-state index contributed by atoms with van der Waals surface area (Å²) < 4.78 is 5.74. The molecule has 0 radical (unpaired) electrons. The molecule has 1 heterocycles. The van der Waals surface area contributed by atoms with E-state index in [2.05, 4.69) is 4.98 Å². The summed E-state index contributed by atoms with van der Waals surface area (Å²) in [5.74, 6) is 0.0757. The van der Waals surface area contributed by atoms with Crippen LogP contribution in [0.15, 0.2) is 60.7 Å². The summed E-state index contributed by atoms with van der Waals surface area (Å²) in [6, 6.07) is 18.5. The van der Waals surface area contributed by atoms with E-state index in [1.807, 2.05) is 36.4 Å². The van der Waals surface area contributed by atoms with Gasteiger partial charge in [0.25, 0.3) is 0 Å². The number of hydrogen-bond acceptors (Lipinski definition) is 3. The van der Waals surface area contributed by atoms with E-state index in [-0.39, 0.29) is 6.42 Å². The van der Waals surface area contributed by atoms with Gasteiger partial charge in [0.05, 0.1) is 11.9 Å². The molecule has 2 aromatic carbocycles. The highest BCUT2D eigenvalue weighted by Gasteiger charge is 2.09. The molecule has 0 saturated heterocycles. The lowest BCUT2D eigenvalue weighted by Crippen LogP contribution is -2.02. The Labute approximate surface area is 121 Å². The fourth-order valence-corrected chi connectivity index (χ4v) is 2.13. The van der Waals surface area contributed by atoms with E-state index in [0.717, 1.165) is 10.9 Å². The van der Waals surface area contributed by atoms with E-state index in [9.17, 15) is 4.79 Å². The van der Waals surface area contributed by atoms with E-state index in [1.54, 1.807) is 24.3 Å². The average Bonchev–Trinajstić information content (AvgIpc) is 2.49. The van der Waals surface area contributed by atoms with Gasteiger partial charge in [-0.15, -0.1) is 0 Å². The Kier molecular flexibility index (Phi) is 3.51. The molecular formula is C17H13NO3. The molecular weight excluding hydrogens is 266 g/mol. The predicted molar refractivity (Wildman–Crippen MR) is 79.6 cm³/mol. The Balaban J connectivity index is 1.93. The fraction of sp³-hybridized carbons (Fsp3) is 0.0588. The van der Waals surface area contributed by atoms with Crippen LogP contribution in [0.25, 0.3) is 10.9 Å². The van der Waals surface area contributed by atoms with Gasteiger partial charge in [-0.1, -0.05) is 36.4 Å². The number of rotatable bonds is 4. The van der Waals surface area contributed by atoms with Crippen molar-refractivity contribution in [1.29, 1.82) is 0 Å². The summed E-state index contributed by atoms with van der Waals surface area (Å²) >= 11 is 0. The summed E-state index contributed by atoms with van der Waals surface area (Å²) in [6.45, 7) is 0. The molecule has 3 aromatic rings. The maximum absolute atomic E-state index is 10.9. The molecule has 0 spiro atoms. The number of aromatic nitrogens is 1. The second kappa shape index (κ2) is 5.63. The van der Waals surface area contributed by atoms with Crippen LogP contribution in [0.5, 0.6) is 11.6 Å². The zero-order valence-electron chi connectivity index (χ0n) is 11.2. The predicted octanol–water partition coefficient (Wildman–Crippen LogP) is 3.65. The van der Waals surface area contributed by atoms with Crippen molar-refractivity contribution in [1.82, 2.24) is 4.98 Å². The number of fused-ring (bicyclic) bond motifs is 1. The molecule has 104 valence electrons. The highest BCUT2D eigenvalue weighted by molar-refractivity contribution is 5.78. The lowest BCUT2D eigenvalue weighted by Gasteiger charge is -2.09. The van der Waals surface area contributed by atoms with Gasteiger partial charge in [-0.25, -0.2) is 4.98 Å². The Hall–Kier alpha value is -2.88. The van der Waals surface area contributed by atoms with E-state index in [1.165, 1.54) is 0 Å². The molecule has 0 aliphatic carbocycles. The van der Waals surface area contributed by atoms with Gasteiger partial charge in [0.15, 0.2) is 0 Å². The Morgan fingerprint density at radius 3 is 2.62 bits per heavy atom. The molecule has 1 aromatic heterocycles. The van der Waals surface area contributed by atoms with E-state index in [0.29, 0.717) is 17.2 Å². The fourth-order valence-electron chi connectivity index (χ4n) is 2.13. The third-order valence-electron chi connectivity index (χ3n) is 3.10. The number of hydrogen-bond donors (Lipinski definition) is 1. The van der Waals surface area contributed by atoms with E-state index >= 15 is 0 Å². The van der Waals surface area contributed by atoms with Crippen molar-refractivity contribution < 1.29 is 14.6 Å². The average molecular weight is 279 g/mol. The molecule has 3 rings (SSSR count). The van der Waals surface area contributed by atoms with Crippen LogP contribution in [0.2, 0.25) is 0 Å². The number of carboxylic acids is 1. The maximum atomic E-state index is 10.9. The SMILES string of the molecule is O=C(O)Cc1ccccc1Oc1ccc2ccccc2n1. The first-order valence-corrected chi connectivity index (χ1v) is 6.56.